The first-order chi connectivity index (χ1) is 7.59. The van der Waals surface area contributed by atoms with E-state index in [0.717, 1.165) is 18.7 Å². The lowest BCUT2D eigenvalue weighted by Crippen LogP contribution is -2.34. The summed E-state index contributed by atoms with van der Waals surface area (Å²) in [5.74, 6) is 0. The normalized spacial score (nSPS) is 19.9. The molecule has 1 atom stereocenters. The third-order valence-corrected chi connectivity index (χ3v) is 3.55. The summed E-state index contributed by atoms with van der Waals surface area (Å²) in [5, 5.41) is 0. The molecule has 0 spiro atoms. The van der Waals surface area contributed by atoms with Crippen molar-refractivity contribution < 1.29 is 0 Å². The third-order valence-electron chi connectivity index (χ3n) is 2.93. The van der Waals surface area contributed by atoms with Gasteiger partial charge in [-0.05, 0) is 31.5 Å². The summed E-state index contributed by atoms with van der Waals surface area (Å²) < 4.78 is -1.27. The van der Waals surface area contributed by atoms with Crippen LogP contribution in [-0.4, -0.2) is 21.8 Å². The van der Waals surface area contributed by atoms with Gasteiger partial charge in [-0.3, -0.25) is 4.90 Å². The Bertz CT molecular complexity index is 328. The maximum atomic E-state index is 6.10. The van der Waals surface area contributed by atoms with E-state index in [-0.39, 0.29) is 6.04 Å². The summed E-state index contributed by atoms with van der Waals surface area (Å²) in [6.45, 7) is 2.01. The molecule has 0 aromatic heterocycles. The number of hydrogen-bond donors (Lipinski definition) is 0. The number of benzene rings is 1. The highest BCUT2D eigenvalue weighted by Gasteiger charge is 2.39. The van der Waals surface area contributed by atoms with Gasteiger partial charge >= 0.3 is 0 Å². The molecule has 2 rings (SSSR count). The Morgan fingerprint density at radius 2 is 1.56 bits per heavy atom. The highest BCUT2D eigenvalue weighted by molar-refractivity contribution is 6.68. The van der Waals surface area contributed by atoms with Crippen LogP contribution in [0.15, 0.2) is 30.3 Å². The van der Waals surface area contributed by atoms with Crippen LogP contribution in [0.5, 0.6) is 0 Å². The molecule has 1 aromatic rings. The van der Waals surface area contributed by atoms with Crippen molar-refractivity contribution in [2.24, 2.45) is 0 Å². The molecule has 1 aliphatic heterocycles. The second-order valence-corrected chi connectivity index (χ2v) is 6.47. The van der Waals surface area contributed by atoms with Crippen LogP contribution in [0.1, 0.15) is 24.4 Å². The zero-order chi connectivity index (χ0) is 11.6. The molecular weight excluding hydrogens is 264 g/mol. The Kier molecular flexibility index (Phi) is 4.01. The monoisotopic (exact) mass is 277 g/mol. The van der Waals surface area contributed by atoms with Crippen LogP contribution in [0.4, 0.5) is 0 Å². The molecule has 1 aliphatic rings. The SMILES string of the molecule is ClC(Cl)(Cl)C(c1ccccc1)N1CCCC1. The quantitative estimate of drug-likeness (QED) is 0.733. The molecule has 0 N–H and O–H groups in total. The predicted octanol–water partition coefficient (Wildman–Crippen LogP) is 4.19. The standard InChI is InChI=1S/C12H14Cl3N/c13-12(14,15)11(16-8-4-5-9-16)10-6-2-1-3-7-10/h1-3,6-7,11H,4-5,8-9H2. The lowest BCUT2D eigenvalue weighted by molar-refractivity contribution is 0.248. The van der Waals surface area contributed by atoms with E-state index in [1.807, 2.05) is 30.3 Å². The minimum atomic E-state index is -1.27. The number of hydrogen-bond acceptors (Lipinski definition) is 1. The molecule has 1 aromatic carbocycles. The Morgan fingerprint density at radius 3 is 2.06 bits per heavy atom. The van der Waals surface area contributed by atoms with Gasteiger partial charge in [0.05, 0.1) is 6.04 Å². The van der Waals surface area contributed by atoms with Gasteiger partial charge < -0.3 is 0 Å². The minimum Gasteiger partial charge on any atom is -0.293 e. The van der Waals surface area contributed by atoms with Gasteiger partial charge in [0.2, 0.25) is 3.79 Å². The van der Waals surface area contributed by atoms with E-state index in [1.165, 1.54) is 12.8 Å². The summed E-state index contributed by atoms with van der Waals surface area (Å²) in [5.41, 5.74) is 1.07. The predicted molar refractivity (Wildman–Crippen MR) is 70.3 cm³/mol. The van der Waals surface area contributed by atoms with Gasteiger partial charge in [-0.25, -0.2) is 0 Å². The van der Waals surface area contributed by atoms with E-state index in [0.29, 0.717) is 0 Å². The zero-order valence-corrected chi connectivity index (χ0v) is 11.1. The van der Waals surface area contributed by atoms with E-state index in [1.54, 1.807) is 0 Å². The van der Waals surface area contributed by atoms with Gasteiger partial charge in [-0.2, -0.15) is 0 Å². The number of likely N-dealkylation sites (tertiary alicyclic amines) is 1. The summed E-state index contributed by atoms with van der Waals surface area (Å²) in [6.07, 6.45) is 2.37. The largest absolute Gasteiger partial charge is 0.293 e. The summed E-state index contributed by atoms with van der Waals surface area (Å²) in [7, 11) is 0. The summed E-state index contributed by atoms with van der Waals surface area (Å²) in [4.78, 5) is 2.25. The van der Waals surface area contributed by atoms with Gasteiger partial charge in [-0.15, -0.1) is 0 Å². The van der Waals surface area contributed by atoms with Crippen molar-refractivity contribution in [2.75, 3.05) is 13.1 Å². The first kappa shape index (κ1) is 12.5. The lowest BCUT2D eigenvalue weighted by Gasteiger charge is -2.33. The Hall–Kier alpha value is 0.0500. The Morgan fingerprint density at radius 1 is 1.00 bits per heavy atom. The van der Waals surface area contributed by atoms with Crippen molar-refractivity contribution >= 4 is 34.8 Å². The highest BCUT2D eigenvalue weighted by Crippen LogP contribution is 2.44. The average molecular weight is 279 g/mol. The van der Waals surface area contributed by atoms with Crippen molar-refractivity contribution in [1.82, 2.24) is 4.90 Å². The molecular formula is C12H14Cl3N. The molecule has 1 saturated heterocycles. The van der Waals surface area contributed by atoms with E-state index in [4.69, 9.17) is 34.8 Å². The molecule has 0 saturated carbocycles. The molecule has 0 aliphatic carbocycles. The highest BCUT2D eigenvalue weighted by atomic mass is 35.6. The second-order valence-electron chi connectivity index (χ2n) is 4.10. The van der Waals surface area contributed by atoms with Gasteiger partial charge in [0.1, 0.15) is 0 Å². The molecule has 0 bridgehead atoms. The molecule has 1 heterocycles. The van der Waals surface area contributed by atoms with Gasteiger partial charge in [-0.1, -0.05) is 65.1 Å². The molecule has 0 amide bonds. The molecule has 16 heavy (non-hydrogen) atoms. The minimum absolute atomic E-state index is 0.138. The zero-order valence-electron chi connectivity index (χ0n) is 8.87. The van der Waals surface area contributed by atoms with Crippen LogP contribution in [0.3, 0.4) is 0 Å². The van der Waals surface area contributed by atoms with Crippen molar-refractivity contribution in [3.8, 4) is 0 Å². The van der Waals surface area contributed by atoms with Crippen LogP contribution in [0.2, 0.25) is 0 Å². The number of rotatable bonds is 2. The number of nitrogens with zero attached hydrogens (tertiary/aromatic N) is 1. The van der Waals surface area contributed by atoms with E-state index in [9.17, 15) is 0 Å². The van der Waals surface area contributed by atoms with Crippen molar-refractivity contribution in [1.29, 1.82) is 0 Å². The van der Waals surface area contributed by atoms with Crippen molar-refractivity contribution in [3.05, 3.63) is 35.9 Å². The Labute approximate surface area is 111 Å². The molecule has 4 heteroatoms. The van der Waals surface area contributed by atoms with Gasteiger partial charge in [0.25, 0.3) is 0 Å². The van der Waals surface area contributed by atoms with Crippen molar-refractivity contribution in [3.63, 3.8) is 0 Å². The van der Waals surface area contributed by atoms with Gasteiger partial charge in [0, 0.05) is 0 Å². The average Bonchev–Trinajstić information content (AvgIpc) is 2.71. The first-order valence-corrected chi connectivity index (χ1v) is 6.58. The lowest BCUT2D eigenvalue weighted by atomic mass is 10.1. The van der Waals surface area contributed by atoms with E-state index >= 15 is 0 Å². The molecule has 88 valence electrons. The summed E-state index contributed by atoms with van der Waals surface area (Å²) >= 11 is 18.3. The number of halogens is 3. The molecule has 0 radical (unpaired) electrons. The maximum absolute atomic E-state index is 6.10. The van der Waals surface area contributed by atoms with Crippen LogP contribution in [0, 0.1) is 0 Å². The van der Waals surface area contributed by atoms with Crippen LogP contribution >= 0.6 is 34.8 Å². The fraction of sp³-hybridized carbons (Fsp3) is 0.500. The van der Waals surface area contributed by atoms with Crippen LogP contribution < -0.4 is 0 Å². The maximum Gasteiger partial charge on any atom is 0.209 e. The fourth-order valence-electron chi connectivity index (χ4n) is 2.24. The first-order valence-electron chi connectivity index (χ1n) is 5.45. The third kappa shape index (κ3) is 2.84. The smallest absolute Gasteiger partial charge is 0.209 e. The fourth-order valence-corrected chi connectivity index (χ4v) is 3.03. The van der Waals surface area contributed by atoms with Crippen molar-refractivity contribution in [2.45, 2.75) is 22.7 Å². The molecule has 1 unspecified atom stereocenters. The number of alkyl halides is 3. The molecule has 1 fully saturated rings. The van der Waals surface area contributed by atoms with Gasteiger partial charge in [0.15, 0.2) is 0 Å². The topological polar surface area (TPSA) is 3.24 Å². The second kappa shape index (κ2) is 5.14. The van der Waals surface area contributed by atoms with Crippen LogP contribution in [-0.2, 0) is 0 Å². The Balaban J connectivity index is 2.28. The molecule has 1 nitrogen and oxygen atoms in total. The van der Waals surface area contributed by atoms with E-state index in [2.05, 4.69) is 4.90 Å². The van der Waals surface area contributed by atoms with E-state index < -0.39 is 3.79 Å². The summed E-state index contributed by atoms with van der Waals surface area (Å²) in [6, 6.07) is 9.84. The van der Waals surface area contributed by atoms with Crippen LogP contribution in [0.25, 0.3) is 0 Å².